The third kappa shape index (κ3) is 5.55. The smallest absolute Gasteiger partial charge is 0.244 e. The molecule has 7 nitrogen and oxygen atoms in total. The standard InChI is InChI=1S/C25H26FN3O4S/c26-22-8-4-5-9-24(22)34(32,33)27-23(18-19-6-2-1-3-7-19)25(31)29-16-14-28(15-17-29)20-10-12-21(30)13-11-20/h1-13,23,27,30H,14-18H2. The highest BCUT2D eigenvalue weighted by Gasteiger charge is 2.32. The second kappa shape index (κ2) is 10.2. The first-order chi connectivity index (χ1) is 16.3. The van der Waals surface area contributed by atoms with Gasteiger partial charge >= 0.3 is 0 Å². The Morgan fingerprint density at radius 1 is 0.912 bits per heavy atom. The first-order valence-corrected chi connectivity index (χ1v) is 12.5. The van der Waals surface area contributed by atoms with E-state index in [2.05, 4.69) is 9.62 Å². The van der Waals surface area contributed by atoms with Crippen LogP contribution in [0.4, 0.5) is 10.1 Å². The Balaban J connectivity index is 1.51. The van der Waals surface area contributed by atoms with Crippen LogP contribution in [0.15, 0.2) is 83.8 Å². The molecular weight excluding hydrogens is 457 g/mol. The summed E-state index contributed by atoms with van der Waals surface area (Å²) in [6.07, 6.45) is 0.144. The molecule has 1 saturated heterocycles. The van der Waals surface area contributed by atoms with Crippen molar-refractivity contribution in [3.63, 3.8) is 0 Å². The lowest BCUT2D eigenvalue weighted by Gasteiger charge is -2.37. The summed E-state index contributed by atoms with van der Waals surface area (Å²) in [5.74, 6) is -1.04. The molecule has 1 fully saturated rings. The molecule has 0 bridgehead atoms. The van der Waals surface area contributed by atoms with Crippen LogP contribution in [0.1, 0.15) is 5.56 Å². The number of hydrogen-bond acceptors (Lipinski definition) is 5. The number of rotatable bonds is 7. The Morgan fingerprint density at radius 3 is 2.18 bits per heavy atom. The van der Waals surface area contributed by atoms with Crippen molar-refractivity contribution in [1.29, 1.82) is 0 Å². The number of amides is 1. The molecule has 2 N–H and O–H groups in total. The van der Waals surface area contributed by atoms with Gasteiger partial charge in [-0.3, -0.25) is 4.79 Å². The summed E-state index contributed by atoms with van der Waals surface area (Å²) in [5.41, 5.74) is 1.73. The predicted octanol–water partition coefficient (Wildman–Crippen LogP) is 2.77. The van der Waals surface area contributed by atoms with E-state index < -0.39 is 26.8 Å². The van der Waals surface area contributed by atoms with Crippen LogP contribution in [0.5, 0.6) is 5.75 Å². The molecule has 4 rings (SSSR count). The van der Waals surface area contributed by atoms with Gasteiger partial charge in [0.25, 0.3) is 0 Å². The van der Waals surface area contributed by atoms with E-state index in [0.717, 1.165) is 17.3 Å². The number of aromatic hydroxyl groups is 1. The largest absolute Gasteiger partial charge is 0.508 e. The molecule has 1 amide bonds. The van der Waals surface area contributed by atoms with E-state index in [1.807, 2.05) is 42.5 Å². The number of nitrogens with one attached hydrogen (secondary N) is 1. The minimum absolute atomic E-state index is 0.144. The molecule has 3 aromatic carbocycles. The molecule has 9 heteroatoms. The number of phenols is 1. The zero-order valence-electron chi connectivity index (χ0n) is 18.5. The first-order valence-electron chi connectivity index (χ1n) is 11.0. The Bertz CT molecular complexity index is 1230. The average molecular weight is 484 g/mol. The van der Waals surface area contributed by atoms with E-state index >= 15 is 0 Å². The van der Waals surface area contributed by atoms with Gasteiger partial charge in [-0.2, -0.15) is 4.72 Å². The number of carbonyl (C=O) groups is 1. The monoisotopic (exact) mass is 483 g/mol. The summed E-state index contributed by atoms with van der Waals surface area (Å²) >= 11 is 0. The lowest BCUT2D eigenvalue weighted by Crippen LogP contribution is -2.55. The van der Waals surface area contributed by atoms with Gasteiger partial charge in [-0.25, -0.2) is 12.8 Å². The fourth-order valence-corrected chi connectivity index (χ4v) is 5.28. The van der Waals surface area contributed by atoms with Crippen LogP contribution in [-0.4, -0.2) is 56.6 Å². The number of benzene rings is 3. The summed E-state index contributed by atoms with van der Waals surface area (Å²) in [4.78, 5) is 16.7. The van der Waals surface area contributed by atoms with Crippen LogP contribution >= 0.6 is 0 Å². The predicted molar refractivity (Wildman–Crippen MR) is 128 cm³/mol. The van der Waals surface area contributed by atoms with Gasteiger partial charge in [0, 0.05) is 31.9 Å². The Kier molecular flexibility index (Phi) is 7.14. The molecule has 0 aliphatic carbocycles. The number of sulfonamides is 1. The lowest BCUT2D eigenvalue weighted by atomic mass is 10.1. The number of anilines is 1. The van der Waals surface area contributed by atoms with Gasteiger partial charge in [-0.05, 0) is 48.4 Å². The Morgan fingerprint density at radius 2 is 1.53 bits per heavy atom. The molecule has 1 aliphatic heterocycles. The molecule has 0 aromatic heterocycles. The molecule has 1 heterocycles. The van der Waals surface area contributed by atoms with Crippen molar-refractivity contribution in [3.05, 3.63) is 90.2 Å². The van der Waals surface area contributed by atoms with E-state index in [4.69, 9.17) is 0 Å². The summed E-state index contributed by atoms with van der Waals surface area (Å²) in [7, 11) is -4.26. The fourth-order valence-electron chi connectivity index (χ4n) is 4.01. The number of hydrogen-bond donors (Lipinski definition) is 2. The minimum Gasteiger partial charge on any atom is -0.508 e. The lowest BCUT2D eigenvalue weighted by molar-refractivity contribution is -0.133. The number of nitrogens with zero attached hydrogens (tertiary/aromatic N) is 2. The highest BCUT2D eigenvalue weighted by atomic mass is 32.2. The number of halogens is 1. The number of carbonyl (C=O) groups excluding carboxylic acids is 1. The van der Waals surface area contributed by atoms with Gasteiger partial charge in [0.05, 0.1) is 0 Å². The number of piperazine rings is 1. The molecule has 0 spiro atoms. The van der Waals surface area contributed by atoms with E-state index in [0.29, 0.717) is 26.2 Å². The SMILES string of the molecule is O=C(C(Cc1ccccc1)NS(=O)(=O)c1ccccc1F)N1CCN(c2ccc(O)cc2)CC1. The van der Waals surface area contributed by atoms with Crippen LogP contribution < -0.4 is 9.62 Å². The summed E-state index contributed by atoms with van der Waals surface area (Å²) < 4.78 is 42.6. The van der Waals surface area contributed by atoms with E-state index in [9.17, 15) is 22.7 Å². The summed E-state index contributed by atoms with van der Waals surface area (Å²) in [6, 6.07) is 20.0. The van der Waals surface area contributed by atoms with E-state index in [1.54, 1.807) is 17.0 Å². The molecular formula is C25H26FN3O4S. The molecule has 3 aromatic rings. The first kappa shape index (κ1) is 23.7. The topological polar surface area (TPSA) is 90.0 Å². The van der Waals surface area contributed by atoms with Crippen molar-refractivity contribution in [3.8, 4) is 5.75 Å². The molecule has 178 valence electrons. The zero-order valence-corrected chi connectivity index (χ0v) is 19.3. The van der Waals surface area contributed by atoms with E-state index in [1.165, 1.54) is 18.2 Å². The van der Waals surface area contributed by atoms with Crippen LogP contribution in [0, 0.1) is 5.82 Å². The van der Waals surface area contributed by atoms with Crippen molar-refractivity contribution in [2.75, 3.05) is 31.1 Å². The molecule has 1 atom stereocenters. The van der Waals surface area contributed by atoms with Crippen LogP contribution in [0.2, 0.25) is 0 Å². The van der Waals surface area contributed by atoms with Gasteiger partial charge in [-0.15, -0.1) is 0 Å². The van der Waals surface area contributed by atoms with Crippen LogP contribution in [-0.2, 0) is 21.2 Å². The zero-order chi connectivity index (χ0) is 24.1. The second-order valence-electron chi connectivity index (χ2n) is 8.12. The quantitative estimate of drug-likeness (QED) is 0.540. The maximum absolute atomic E-state index is 14.2. The highest BCUT2D eigenvalue weighted by Crippen LogP contribution is 2.21. The van der Waals surface area contributed by atoms with Crippen molar-refractivity contribution >= 4 is 21.6 Å². The summed E-state index contributed by atoms with van der Waals surface area (Å²) in [6.45, 7) is 1.95. The number of phenolic OH excluding ortho intramolecular Hbond substituents is 1. The molecule has 1 aliphatic rings. The maximum Gasteiger partial charge on any atom is 0.244 e. The highest BCUT2D eigenvalue weighted by molar-refractivity contribution is 7.89. The van der Waals surface area contributed by atoms with Gasteiger partial charge in [-0.1, -0.05) is 42.5 Å². The molecule has 1 unspecified atom stereocenters. The van der Waals surface area contributed by atoms with Crippen molar-refractivity contribution in [2.45, 2.75) is 17.4 Å². The van der Waals surface area contributed by atoms with Crippen molar-refractivity contribution in [2.24, 2.45) is 0 Å². The third-order valence-electron chi connectivity index (χ3n) is 5.81. The average Bonchev–Trinajstić information content (AvgIpc) is 2.84. The van der Waals surface area contributed by atoms with Gasteiger partial charge in [0.1, 0.15) is 22.5 Å². The normalized spacial score (nSPS) is 15.2. The van der Waals surface area contributed by atoms with E-state index in [-0.39, 0.29) is 18.1 Å². The Hall–Kier alpha value is -3.43. The maximum atomic E-state index is 14.2. The fraction of sp³-hybridized carbons (Fsp3) is 0.240. The molecule has 34 heavy (non-hydrogen) atoms. The van der Waals surface area contributed by atoms with Crippen LogP contribution in [0.25, 0.3) is 0 Å². The van der Waals surface area contributed by atoms with Gasteiger partial charge in [0.2, 0.25) is 15.9 Å². The molecule has 0 saturated carbocycles. The van der Waals surface area contributed by atoms with Gasteiger partial charge in [0.15, 0.2) is 0 Å². The minimum atomic E-state index is -4.26. The van der Waals surface area contributed by atoms with Gasteiger partial charge < -0.3 is 14.9 Å². The summed E-state index contributed by atoms with van der Waals surface area (Å²) in [5, 5.41) is 9.49. The Labute approximate surface area is 198 Å². The van der Waals surface area contributed by atoms with Crippen LogP contribution in [0.3, 0.4) is 0 Å². The van der Waals surface area contributed by atoms with Crippen molar-refractivity contribution in [1.82, 2.24) is 9.62 Å². The second-order valence-corrected chi connectivity index (χ2v) is 9.81. The molecule has 0 radical (unpaired) electrons. The third-order valence-corrected chi connectivity index (χ3v) is 7.32. The van der Waals surface area contributed by atoms with Crippen molar-refractivity contribution < 1.29 is 22.7 Å².